The second kappa shape index (κ2) is 7.31. The van der Waals surface area contributed by atoms with Crippen molar-refractivity contribution >= 4 is 7.60 Å². The first-order valence-electron chi connectivity index (χ1n) is 7.59. The molecule has 2 N–H and O–H groups in total. The molecule has 1 aromatic carbocycles. The van der Waals surface area contributed by atoms with Crippen LogP contribution in [-0.4, -0.2) is 15.9 Å². The number of ether oxygens (including phenoxy) is 1. The van der Waals surface area contributed by atoms with Crippen LogP contribution in [0, 0.1) is 6.92 Å². The number of allylic oxidation sites excluding steroid dienone is 5. The van der Waals surface area contributed by atoms with Crippen molar-refractivity contribution in [1.82, 2.24) is 0 Å². The lowest BCUT2D eigenvalue weighted by molar-refractivity contribution is 0.373. The van der Waals surface area contributed by atoms with Crippen molar-refractivity contribution in [2.45, 2.75) is 33.6 Å². The van der Waals surface area contributed by atoms with E-state index in [1.54, 1.807) is 0 Å². The monoisotopic (exact) mass is 334 g/mol. The summed E-state index contributed by atoms with van der Waals surface area (Å²) in [7, 11) is -3.98. The number of benzene rings is 1. The summed E-state index contributed by atoms with van der Waals surface area (Å²) in [5, 5.41) is 0. The second-order valence-corrected chi connectivity index (χ2v) is 7.83. The van der Waals surface area contributed by atoms with Gasteiger partial charge < -0.3 is 14.5 Å². The summed E-state index contributed by atoms with van der Waals surface area (Å²) in [6.07, 6.45) is 4.86. The van der Waals surface area contributed by atoms with Crippen molar-refractivity contribution in [3.8, 4) is 5.75 Å². The van der Waals surface area contributed by atoms with E-state index in [4.69, 9.17) is 14.5 Å². The molecule has 0 amide bonds. The SMILES string of the molecule is CC1=CC(CCP(=O)(O)O)=CC(C)=C(Oc2cccc(C)c2)C1. The molecule has 124 valence electrons. The molecule has 0 bridgehead atoms. The fourth-order valence-electron chi connectivity index (χ4n) is 2.52. The van der Waals surface area contributed by atoms with Gasteiger partial charge in [-0.3, -0.25) is 4.57 Å². The molecule has 5 heteroatoms. The van der Waals surface area contributed by atoms with Crippen LogP contribution in [0.1, 0.15) is 32.3 Å². The van der Waals surface area contributed by atoms with Gasteiger partial charge in [-0.1, -0.05) is 29.9 Å². The third-order valence-corrected chi connectivity index (χ3v) is 4.44. The van der Waals surface area contributed by atoms with Crippen LogP contribution in [0.15, 0.2) is 58.9 Å². The molecule has 0 saturated carbocycles. The van der Waals surface area contributed by atoms with Gasteiger partial charge in [0, 0.05) is 6.42 Å². The predicted molar refractivity (Wildman–Crippen MR) is 92.5 cm³/mol. The molecule has 23 heavy (non-hydrogen) atoms. The topological polar surface area (TPSA) is 66.8 Å². The Hall–Kier alpha value is -1.61. The van der Waals surface area contributed by atoms with E-state index in [0.717, 1.165) is 33.8 Å². The lowest BCUT2D eigenvalue weighted by Crippen LogP contribution is -1.98. The summed E-state index contributed by atoms with van der Waals surface area (Å²) in [6, 6.07) is 7.89. The maximum absolute atomic E-state index is 11.1. The Morgan fingerprint density at radius 1 is 1.17 bits per heavy atom. The zero-order valence-corrected chi connectivity index (χ0v) is 14.6. The minimum atomic E-state index is -3.98. The van der Waals surface area contributed by atoms with Crippen molar-refractivity contribution in [3.63, 3.8) is 0 Å². The molecule has 0 spiro atoms. The maximum Gasteiger partial charge on any atom is 0.325 e. The summed E-state index contributed by atoms with van der Waals surface area (Å²) < 4.78 is 17.1. The quantitative estimate of drug-likeness (QED) is 0.779. The first-order valence-corrected chi connectivity index (χ1v) is 9.39. The van der Waals surface area contributed by atoms with E-state index in [-0.39, 0.29) is 6.16 Å². The van der Waals surface area contributed by atoms with Crippen molar-refractivity contribution < 1.29 is 19.1 Å². The van der Waals surface area contributed by atoms with E-state index in [9.17, 15) is 4.57 Å². The number of aryl methyl sites for hydroxylation is 1. The molecule has 0 radical (unpaired) electrons. The molecule has 1 aliphatic carbocycles. The molecule has 0 unspecified atom stereocenters. The Labute approximate surface area is 137 Å². The largest absolute Gasteiger partial charge is 0.461 e. The molecule has 0 aromatic heterocycles. The van der Waals surface area contributed by atoms with Crippen LogP contribution in [0.25, 0.3) is 0 Å². The van der Waals surface area contributed by atoms with E-state index in [0.29, 0.717) is 12.8 Å². The fraction of sp³-hybridized carbons (Fsp3) is 0.333. The Bertz CT molecular complexity index is 722. The van der Waals surface area contributed by atoms with Gasteiger partial charge in [-0.25, -0.2) is 0 Å². The standard InChI is InChI=1S/C18H23O4P/c1-13-5-4-6-17(10-13)22-18-11-14(2)9-16(12-15(18)3)7-8-23(19,20)21/h4-6,9-10,12H,7-8,11H2,1-3H3,(H2,19,20,21). The Balaban J connectivity index is 2.21. The van der Waals surface area contributed by atoms with Gasteiger partial charge in [-0.05, 0) is 56.0 Å². The fourth-order valence-corrected chi connectivity index (χ4v) is 3.07. The molecule has 0 fully saturated rings. The van der Waals surface area contributed by atoms with Crippen molar-refractivity contribution in [3.05, 3.63) is 64.5 Å². The third-order valence-electron chi connectivity index (χ3n) is 3.64. The molecular weight excluding hydrogens is 311 g/mol. The lowest BCUT2D eigenvalue weighted by atomic mass is 10.1. The normalized spacial score (nSPS) is 15.9. The highest BCUT2D eigenvalue weighted by Gasteiger charge is 2.16. The molecule has 4 nitrogen and oxygen atoms in total. The van der Waals surface area contributed by atoms with Crippen molar-refractivity contribution in [1.29, 1.82) is 0 Å². The summed E-state index contributed by atoms with van der Waals surface area (Å²) >= 11 is 0. The van der Waals surface area contributed by atoms with Gasteiger partial charge >= 0.3 is 7.60 Å². The van der Waals surface area contributed by atoms with E-state index in [1.807, 2.05) is 57.2 Å². The van der Waals surface area contributed by atoms with Gasteiger partial charge in [0.25, 0.3) is 0 Å². The van der Waals surface area contributed by atoms with Gasteiger partial charge in [0.05, 0.1) is 6.16 Å². The second-order valence-electron chi connectivity index (χ2n) is 6.05. The molecule has 1 aliphatic rings. The van der Waals surface area contributed by atoms with E-state index in [1.165, 1.54) is 0 Å². The van der Waals surface area contributed by atoms with Crippen LogP contribution in [-0.2, 0) is 4.57 Å². The van der Waals surface area contributed by atoms with Gasteiger partial charge in [-0.15, -0.1) is 0 Å². The van der Waals surface area contributed by atoms with E-state index in [2.05, 4.69) is 0 Å². The minimum Gasteiger partial charge on any atom is -0.461 e. The third kappa shape index (κ3) is 5.83. The zero-order chi connectivity index (χ0) is 17.0. The Kier molecular flexibility index (Phi) is 5.64. The molecule has 0 atom stereocenters. The van der Waals surface area contributed by atoms with E-state index < -0.39 is 7.60 Å². The minimum absolute atomic E-state index is 0.135. The molecule has 2 rings (SSSR count). The van der Waals surface area contributed by atoms with Gasteiger partial charge in [-0.2, -0.15) is 0 Å². The summed E-state index contributed by atoms with van der Waals surface area (Å²) in [5.41, 5.74) is 4.16. The lowest BCUT2D eigenvalue weighted by Gasteiger charge is -2.12. The Morgan fingerprint density at radius 3 is 2.57 bits per heavy atom. The average Bonchev–Trinajstić information content (AvgIpc) is 2.55. The van der Waals surface area contributed by atoms with Gasteiger partial charge in [0.1, 0.15) is 11.5 Å². The van der Waals surface area contributed by atoms with Crippen LogP contribution < -0.4 is 4.74 Å². The highest BCUT2D eigenvalue weighted by molar-refractivity contribution is 7.51. The zero-order valence-electron chi connectivity index (χ0n) is 13.7. The highest BCUT2D eigenvalue weighted by Crippen LogP contribution is 2.37. The van der Waals surface area contributed by atoms with Crippen molar-refractivity contribution in [2.24, 2.45) is 0 Å². The summed E-state index contributed by atoms with van der Waals surface area (Å²) in [4.78, 5) is 18.1. The summed E-state index contributed by atoms with van der Waals surface area (Å²) in [5.74, 6) is 1.68. The highest BCUT2D eigenvalue weighted by atomic mass is 31.2. The molecule has 0 heterocycles. The van der Waals surface area contributed by atoms with E-state index >= 15 is 0 Å². The molecule has 0 saturated heterocycles. The molecular formula is C18H23O4P. The predicted octanol–water partition coefficient (Wildman–Crippen LogP) is 4.49. The first kappa shape index (κ1) is 17.7. The molecule has 0 aliphatic heterocycles. The van der Waals surface area contributed by atoms with Crippen LogP contribution in [0.3, 0.4) is 0 Å². The molecule has 1 aromatic rings. The Morgan fingerprint density at radius 2 is 1.91 bits per heavy atom. The van der Waals surface area contributed by atoms with Crippen LogP contribution >= 0.6 is 7.60 Å². The van der Waals surface area contributed by atoms with Gasteiger partial charge in [0.15, 0.2) is 0 Å². The maximum atomic E-state index is 11.1. The number of hydrogen-bond acceptors (Lipinski definition) is 2. The smallest absolute Gasteiger partial charge is 0.325 e. The van der Waals surface area contributed by atoms with Crippen LogP contribution in [0.4, 0.5) is 0 Å². The summed E-state index contributed by atoms with van der Waals surface area (Å²) in [6.45, 7) is 5.99. The number of hydrogen-bond donors (Lipinski definition) is 2. The average molecular weight is 334 g/mol. The van der Waals surface area contributed by atoms with Gasteiger partial charge in [0.2, 0.25) is 0 Å². The van der Waals surface area contributed by atoms with Crippen LogP contribution in [0.2, 0.25) is 0 Å². The number of rotatable bonds is 5. The van der Waals surface area contributed by atoms with Crippen LogP contribution in [0.5, 0.6) is 5.75 Å². The first-order chi connectivity index (χ1) is 10.7. The van der Waals surface area contributed by atoms with Crippen molar-refractivity contribution in [2.75, 3.05) is 6.16 Å².